The highest BCUT2D eigenvalue weighted by Gasteiger charge is 2.66. The number of hydrogen-bond donors (Lipinski definition) is 1. The summed E-state index contributed by atoms with van der Waals surface area (Å²) in [5.41, 5.74) is 11.5. The predicted octanol–water partition coefficient (Wildman–Crippen LogP) is 4.68. The van der Waals surface area contributed by atoms with Crippen LogP contribution in [0.5, 0.6) is 0 Å². The van der Waals surface area contributed by atoms with E-state index in [9.17, 15) is 4.39 Å². The number of anilines is 1. The van der Waals surface area contributed by atoms with E-state index in [1.807, 2.05) is 48.3 Å². The van der Waals surface area contributed by atoms with Gasteiger partial charge in [0, 0.05) is 49.2 Å². The summed E-state index contributed by atoms with van der Waals surface area (Å²) in [5.74, 6) is 1.57. The number of piperidine rings is 1. The van der Waals surface area contributed by atoms with Gasteiger partial charge in [0.05, 0.1) is 22.2 Å². The first kappa shape index (κ1) is 21.4. The second-order valence-corrected chi connectivity index (χ2v) is 10.2. The largest absolute Gasteiger partial charge is 0.356 e. The van der Waals surface area contributed by atoms with Crippen LogP contribution in [-0.4, -0.2) is 39.4 Å². The minimum absolute atomic E-state index is 0.141. The molecule has 3 aromatic heterocycles. The summed E-state index contributed by atoms with van der Waals surface area (Å²) in [6, 6.07) is 21.5. The molecular formula is C29H27FN6. The van der Waals surface area contributed by atoms with E-state index in [4.69, 9.17) is 15.7 Å². The Hall–Kier alpha value is -3.84. The molecule has 0 spiro atoms. The average molecular weight is 479 g/mol. The van der Waals surface area contributed by atoms with Crippen LogP contribution in [0.1, 0.15) is 12.0 Å². The molecule has 180 valence electrons. The molecular weight excluding hydrogens is 451 g/mol. The first-order valence-corrected chi connectivity index (χ1v) is 12.5. The van der Waals surface area contributed by atoms with Crippen LogP contribution in [0.3, 0.4) is 0 Å². The Labute approximate surface area is 208 Å². The van der Waals surface area contributed by atoms with Gasteiger partial charge in [-0.3, -0.25) is 4.68 Å². The first-order chi connectivity index (χ1) is 17.6. The van der Waals surface area contributed by atoms with Crippen LogP contribution < -0.4 is 10.6 Å². The highest BCUT2D eigenvalue weighted by atomic mass is 19.1. The third-order valence-electron chi connectivity index (χ3n) is 8.31. The zero-order chi connectivity index (χ0) is 24.4. The normalized spacial score (nSPS) is 23.2. The number of rotatable bonds is 4. The molecule has 0 amide bonds. The molecule has 1 aliphatic heterocycles. The number of nitrogens with zero attached hydrogens (tertiary/aromatic N) is 5. The molecule has 4 heterocycles. The summed E-state index contributed by atoms with van der Waals surface area (Å²) in [6.45, 7) is 2.21. The van der Waals surface area contributed by atoms with Gasteiger partial charge in [-0.15, -0.1) is 0 Å². The molecule has 1 saturated carbocycles. The molecule has 0 radical (unpaired) electrons. The molecule has 2 aliphatic rings. The molecule has 3 atom stereocenters. The number of fused-ring (bicyclic) bond motifs is 3. The van der Waals surface area contributed by atoms with Crippen LogP contribution in [-0.2, 0) is 12.5 Å². The Kier molecular flexibility index (Phi) is 4.66. The van der Waals surface area contributed by atoms with Crippen molar-refractivity contribution >= 4 is 27.8 Å². The maximum absolute atomic E-state index is 14.7. The van der Waals surface area contributed by atoms with Crippen molar-refractivity contribution in [1.82, 2.24) is 19.7 Å². The highest BCUT2D eigenvalue weighted by Crippen LogP contribution is 2.63. The Morgan fingerprint density at radius 1 is 0.972 bits per heavy atom. The van der Waals surface area contributed by atoms with Gasteiger partial charge >= 0.3 is 0 Å². The zero-order valence-electron chi connectivity index (χ0n) is 20.1. The average Bonchev–Trinajstić information content (AvgIpc) is 3.40. The van der Waals surface area contributed by atoms with Crippen LogP contribution >= 0.6 is 0 Å². The zero-order valence-corrected chi connectivity index (χ0v) is 20.1. The molecule has 1 saturated heterocycles. The summed E-state index contributed by atoms with van der Waals surface area (Å²) < 4.78 is 16.5. The summed E-state index contributed by atoms with van der Waals surface area (Å²) in [5, 5.41) is 5.55. The van der Waals surface area contributed by atoms with Gasteiger partial charge in [0.25, 0.3) is 0 Å². The lowest BCUT2D eigenvalue weighted by atomic mass is 9.91. The van der Waals surface area contributed by atoms with Gasteiger partial charge in [-0.05, 0) is 66.3 Å². The SMILES string of the molecule is Cn1cc2cc(-c3ccc4nc(N5CC[C@@H]6[C@H](C5)[C@@]6(CN)c5ccccc5F)ccc4n3)ccc2n1. The number of hydrogen-bond acceptors (Lipinski definition) is 5. The van der Waals surface area contributed by atoms with Gasteiger partial charge in [-0.25, -0.2) is 14.4 Å². The number of pyridine rings is 2. The van der Waals surface area contributed by atoms with Crippen molar-refractivity contribution in [2.75, 3.05) is 24.5 Å². The van der Waals surface area contributed by atoms with Crippen molar-refractivity contribution in [2.24, 2.45) is 24.6 Å². The molecule has 7 rings (SSSR count). The lowest BCUT2D eigenvalue weighted by Crippen LogP contribution is -2.32. The van der Waals surface area contributed by atoms with E-state index in [0.29, 0.717) is 18.4 Å². The fraction of sp³-hybridized carbons (Fsp3) is 0.276. The van der Waals surface area contributed by atoms with E-state index in [0.717, 1.165) is 64.1 Å². The lowest BCUT2D eigenvalue weighted by Gasteiger charge is -2.27. The molecule has 2 aromatic carbocycles. The van der Waals surface area contributed by atoms with Crippen molar-refractivity contribution in [3.05, 3.63) is 84.3 Å². The van der Waals surface area contributed by atoms with Crippen molar-refractivity contribution < 1.29 is 4.39 Å². The van der Waals surface area contributed by atoms with Crippen LogP contribution in [0.2, 0.25) is 0 Å². The number of aromatic nitrogens is 4. The van der Waals surface area contributed by atoms with Crippen molar-refractivity contribution in [2.45, 2.75) is 11.8 Å². The van der Waals surface area contributed by atoms with Crippen molar-refractivity contribution in [1.29, 1.82) is 0 Å². The summed E-state index contributed by atoms with van der Waals surface area (Å²) in [6.07, 6.45) is 3.01. The molecule has 2 fully saturated rings. The van der Waals surface area contributed by atoms with Crippen molar-refractivity contribution in [3.8, 4) is 11.3 Å². The van der Waals surface area contributed by atoms with E-state index < -0.39 is 0 Å². The van der Waals surface area contributed by atoms with Crippen molar-refractivity contribution in [3.63, 3.8) is 0 Å². The van der Waals surface area contributed by atoms with Gasteiger partial charge in [0.1, 0.15) is 11.6 Å². The fourth-order valence-electron chi connectivity index (χ4n) is 6.48. The summed E-state index contributed by atoms with van der Waals surface area (Å²) in [7, 11) is 1.93. The first-order valence-electron chi connectivity index (χ1n) is 12.5. The topological polar surface area (TPSA) is 72.9 Å². The summed E-state index contributed by atoms with van der Waals surface area (Å²) >= 11 is 0. The van der Waals surface area contributed by atoms with Gasteiger partial charge in [-0.2, -0.15) is 5.10 Å². The number of halogens is 1. The molecule has 7 heteroatoms. The third kappa shape index (κ3) is 3.15. The Balaban J connectivity index is 1.16. The Bertz CT molecular complexity index is 1630. The van der Waals surface area contributed by atoms with Gasteiger partial charge in [-0.1, -0.05) is 24.3 Å². The number of aryl methyl sites for hydroxylation is 1. The van der Waals surface area contributed by atoms with Gasteiger partial charge in [0.2, 0.25) is 0 Å². The molecule has 1 aliphatic carbocycles. The summed E-state index contributed by atoms with van der Waals surface area (Å²) in [4.78, 5) is 12.2. The van der Waals surface area contributed by atoms with E-state index in [1.54, 1.807) is 12.1 Å². The second kappa shape index (κ2) is 7.83. The number of benzene rings is 2. The maximum atomic E-state index is 14.7. The Morgan fingerprint density at radius 2 is 1.78 bits per heavy atom. The molecule has 2 N–H and O–H groups in total. The molecule has 36 heavy (non-hydrogen) atoms. The molecule has 6 nitrogen and oxygen atoms in total. The smallest absolute Gasteiger partial charge is 0.129 e. The predicted molar refractivity (Wildman–Crippen MR) is 140 cm³/mol. The van der Waals surface area contributed by atoms with Crippen LogP contribution in [0, 0.1) is 17.7 Å². The van der Waals surface area contributed by atoms with E-state index >= 15 is 0 Å². The second-order valence-electron chi connectivity index (χ2n) is 10.2. The lowest BCUT2D eigenvalue weighted by molar-refractivity contribution is 0.533. The Morgan fingerprint density at radius 3 is 2.64 bits per heavy atom. The van der Waals surface area contributed by atoms with Gasteiger partial charge < -0.3 is 10.6 Å². The van der Waals surface area contributed by atoms with E-state index in [-0.39, 0.29) is 11.2 Å². The quantitative estimate of drug-likeness (QED) is 0.406. The molecule has 0 unspecified atom stereocenters. The van der Waals surface area contributed by atoms with E-state index in [1.165, 1.54) is 0 Å². The molecule has 5 aromatic rings. The highest BCUT2D eigenvalue weighted by molar-refractivity contribution is 5.85. The molecule has 0 bridgehead atoms. The van der Waals surface area contributed by atoms with E-state index in [2.05, 4.69) is 34.3 Å². The third-order valence-corrected chi connectivity index (χ3v) is 8.31. The van der Waals surface area contributed by atoms with Crippen LogP contribution in [0.25, 0.3) is 33.2 Å². The minimum Gasteiger partial charge on any atom is -0.356 e. The standard InChI is InChI=1S/C29H27FN6/c1-35-15-19-14-18(6-7-25(19)34-35)24-8-9-27-26(32-24)10-11-28(33-27)36-13-12-20-22(16-36)29(20,17-31)21-4-2-3-5-23(21)30/h2-11,14-15,20,22H,12-13,16-17,31H2,1H3/t20-,22+,29-/m1/s1. The monoisotopic (exact) mass is 478 g/mol. The van der Waals surface area contributed by atoms with Crippen LogP contribution in [0.15, 0.2) is 72.9 Å². The van der Waals surface area contributed by atoms with Gasteiger partial charge in [0.15, 0.2) is 0 Å². The maximum Gasteiger partial charge on any atom is 0.129 e. The van der Waals surface area contributed by atoms with Crippen LogP contribution in [0.4, 0.5) is 10.2 Å². The number of nitrogens with two attached hydrogens (primary N) is 1. The fourth-order valence-corrected chi connectivity index (χ4v) is 6.48. The minimum atomic E-state index is -0.261.